The van der Waals surface area contributed by atoms with Crippen molar-refractivity contribution in [2.45, 2.75) is 172 Å². The second-order valence-corrected chi connectivity index (χ2v) is 14.8. The van der Waals surface area contributed by atoms with Crippen LogP contribution in [0.25, 0.3) is 0 Å². The molecule has 0 unspecified atom stereocenters. The number of hydrogen-bond donors (Lipinski definition) is 0. The first-order valence-corrected chi connectivity index (χ1v) is 19.5. The molecule has 0 atom stereocenters. The van der Waals surface area contributed by atoms with E-state index >= 15 is 0 Å². The molecule has 0 aliphatic heterocycles. The Morgan fingerprint density at radius 3 is 0.630 bits per heavy atom. The molecule has 0 rings (SSSR count). The summed E-state index contributed by atoms with van der Waals surface area (Å²) in [6.45, 7) is 22.7. The summed E-state index contributed by atoms with van der Waals surface area (Å²) in [5, 5.41) is 0.963. The number of rotatable bonds is 25. The van der Waals surface area contributed by atoms with E-state index in [2.05, 4.69) is 140 Å². The van der Waals surface area contributed by atoms with Crippen molar-refractivity contribution in [2.75, 3.05) is 5.33 Å². The highest BCUT2D eigenvalue weighted by Crippen LogP contribution is 2.17. The van der Waals surface area contributed by atoms with Gasteiger partial charge >= 0.3 is 0 Å². The van der Waals surface area contributed by atoms with Crippen molar-refractivity contribution >= 4 is 15.9 Å². The minimum Gasteiger partial charge on any atom is -0.0883 e. The third kappa shape index (κ3) is 29.5. The van der Waals surface area contributed by atoms with E-state index in [1.807, 2.05) is 0 Å². The summed E-state index contributed by atoms with van der Waals surface area (Å²) in [5.41, 5.74) is 13.6. The lowest BCUT2D eigenvalue weighted by Crippen LogP contribution is -1.84. The van der Waals surface area contributed by atoms with Crippen LogP contribution in [0, 0.1) is 0 Å². The Kier molecular flexibility index (Phi) is 28.1. The monoisotopic (exact) mass is 692 g/mol. The van der Waals surface area contributed by atoms with Crippen LogP contribution in [0.15, 0.2) is 105 Å². The number of allylic oxidation sites excluding steroid dienone is 18. The van der Waals surface area contributed by atoms with E-state index in [0.717, 1.165) is 37.4 Å². The molecule has 0 amide bonds. The molecule has 0 N–H and O–H groups in total. The molecule has 0 saturated carbocycles. The third-order valence-electron chi connectivity index (χ3n) is 8.74. The maximum Gasteiger partial charge on any atom is 0.0214 e. The zero-order valence-electron chi connectivity index (χ0n) is 32.1. The zero-order chi connectivity index (χ0) is 34.6. The van der Waals surface area contributed by atoms with Crippen LogP contribution in [0.1, 0.15) is 172 Å². The molecular weight excluding hydrogens is 620 g/mol. The fourth-order valence-electron chi connectivity index (χ4n) is 5.36. The predicted molar refractivity (Wildman–Crippen MR) is 217 cm³/mol. The van der Waals surface area contributed by atoms with E-state index < -0.39 is 0 Å². The van der Waals surface area contributed by atoms with Crippen LogP contribution in [0.3, 0.4) is 0 Å². The van der Waals surface area contributed by atoms with Crippen molar-refractivity contribution in [1.82, 2.24) is 0 Å². The van der Waals surface area contributed by atoms with Crippen molar-refractivity contribution < 1.29 is 0 Å². The molecule has 0 aromatic rings. The Hall–Kier alpha value is -1.86. The van der Waals surface area contributed by atoms with Gasteiger partial charge in [-0.1, -0.05) is 121 Å². The third-order valence-corrected chi connectivity index (χ3v) is 9.06. The van der Waals surface area contributed by atoms with Gasteiger partial charge in [0.2, 0.25) is 0 Å². The second-order valence-electron chi connectivity index (χ2n) is 14.1. The van der Waals surface area contributed by atoms with Crippen LogP contribution in [-0.2, 0) is 0 Å². The average molecular weight is 694 g/mol. The summed E-state index contributed by atoms with van der Waals surface area (Å²) in [4.78, 5) is 0. The average Bonchev–Trinajstić information content (AvgIpc) is 2.97. The lowest BCUT2D eigenvalue weighted by atomic mass is 10.0. The van der Waals surface area contributed by atoms with Gasteiger partial charge in [-0.2, -0.15) is 0 Å². The fraction of sp³-hybridized carbons (Fsp3) is 0.600. The van der Waals surface area contributed by atoms with Crippen LogP contribution in [0.2, 0.25) is 0 Å². The minimum atomic E-state index is 0.963. The van der Waals surface area contributed by atoms with Gasteiger partial charge in [-0.3, -0.25) is 0 Å². The van der Waals surface area contributed by atoms with Crippen molar-refractivity contribution in [3.8, 4) is 0 Å². The van der Waals surface area contributed by atoms with Crippen LogP contribution < -0.4 is 0 Å². The van der Waals surface area contributed by atoms with Gasteiger partial charge < -0.3 is 0 Å². The van der Waals surface area contributed by atoms with Crippen molar-refractivity contribution in [3.05, 3.63) is 105 Å². The Bertz CT molecular complexity index is 1100. The standard InChI is InChI=1S/C45H73Br/c1-37(2)19-11-20-38(3)21-12-22-39(4)23-13-24-40(5)25-14-26-41(6)27-15-28-42(7)29-16-30-43(8)31-17-32-44(9)33-18-34-45(10)35-36-46/h19,21,23,25,27,29,31,33,35H,11-18,20,22,24,26,28,30,32,34,36H2,1-10H3. The van der Waals surface area contributed by atoms with Gasteiger partial charge in [-0.05, 0) is 172 Å². The molecule has 0 fully saturated rings. The molecule has 0 aromatic carbocycles. The summed E-state index contributed by atoms with van der Waals surface area (Å²) in [5.74, 6) is 0. The van der Waals surface area contributed by atoms with Gasteiger partial charge in [0.05, 0.1) is 0 Å². The number of alkyl halides is 1. The summed E-state index contributed by atoms with van der Waals surface area (Å²) >= 11 is 3.48. The van der Waals surface area contributed by atoms with E-state index in [1.54, 1.807) is 0 Å². The summed E-state index contributed by atoms with van der Waals surface area (Å²) in [6, 6.07) is 0. The molecule has 0 heterocycles. The van der Waals surface area contributed by atoms with E-state index in [9.17, 15) is 0 Å². The molecule has 0 aliphatic rings. The maximum atomic E-state index is 3.48. The molecule has 0 radical (unpaired) electrons. The lowest BCUT2D eigenvalue weighted by molar-refractivity contribution is 0.880. The quantitative estimate of drug-likeness (QED) is 0.0660. The molecule has 0 saturated heterocycles. The summed E-state index contributed by atoms with van der Waals surface area (Å²) < 4.78 is 0. The van der Waals surface area contributed by atoms with Gasteiger partial charge in [0.15, 0.2) is 0 Å². The van der Waals surface area contributed by atoms with E-state index in [-0.39, 0.29) is 0 Å². The first kappa shape index (κ1) is 44.1. The normalized spacial score (nSPS) is 14.8. The topological polar surface area (TPSA) is 0 Å². The molecule has 0 bridgehead atoms. The first-order valence-electron chi connectivity index (χ1n) is 18.4. The molecule has 46 heavy (non-hydrogen) atoms. The van der Waals surface area contributed by atoms with Gasteiger partial charge in [-0.25, -0.2) is 0 Å². The first-order chi connectivity index (χ1) is 21.9. The highest BCUT2D eigenvalue weighted by atomic mass is 79.9. The molecule has 1 heteroatoms. The molecule has 260 valence electrons. The Balaban J connectivity index is 4.21. The van der Waals surface area contributed by atoms with Crippen molar-refractivity contribution in [3.63, 3.8) is 0 Å². The van der Waals surface area contributed by atoms with Crippen LogP contribution in [0.5, 0.6) is 0 Å². The van der Waals surface area contributed by atoms with Gasteiger partial charge in [-0.15, -0.1) is 0 Å². The molecule has 0 aliphatic carbocycles. The predicted octanol–water partition coefficient (Wildman–Crippen LogP) is 16.2. The Morgan fingerprint density at radius 2 is 0.457 bits per heavy atom. The van der Waals surface area contributed by atoms with Crippen molar-refractivity contribution in [1.29, 1.82) is 0 Å². The van der Waals surface area contributed by atoms with Crippen LogP contribution >= 0.6 is 15.9 Å². The number of hydrogen-bond acceptors (Lipinski definition) is 0. The van der Waals surface area contributed by atoms with Gasteiger partial charge in [0.1, 0.15) is 0 Å². The van der Waals surface area contributed by atoms with Crippen LogP contribution in [-0.4, -0.2) is 5.33 Å². The Morgan fingerprint density at radius 1 is 0.283 bits per heavy atom. The second kappa shape index (κ2) is 29.3. The van der Waals surface area contributed by atoms with E-state index in [0.29, 0.717) is 0 Å². The highest BCUT2D eigenvalue weighted by molar-refractivity contribution is 9.09. The molecule has 0 spiro atoms. The maximum absolute atomic E-state index is 3.48. The zero-order valence-corrected chi connectivity index (χ0v) is 33.7. The molecule has 0 nitrogen and oxygen atoms in total. The lowest BCUT2D eigenvalue weighted by Gasteiger charge is -2.04. The SMILES string of the molecule is CC(C)=CCCC(C)=CCCC(C)=CCCC(C)=CCCC(C)=CCCC(C)=CCCC(C)=CCCC(C)=CCCC(C)=CCBr. The Labute approximate surface area is 296 Å². The highest BCUT2D eigenvalue weighted by Gasteiger charge is 1.97. The molecular formula is C45H73Br. The van der Waals surface area contributed by atoms with E-state index in [4.69, 9.17) is 0 Å². The fourth-order valence-corrected chi connectivity index (χ4v) is 5.91. The summed E-state index contributed by atoms with van der Waals surface area (Å²) in [7, 11) is 0. The number of halogens is 1. The van der Waals surface area contributed by atoms with Crippen LogP contribution in [0.4, 0.5) is 0 Å². The minimum absolute atomic E-state index is 0.963. The van der Waals surface area contributed by atoms with Gasteiger partial charge in [0.25, 0.3) is 0 Å². The largest absolute Gasteiger partial charge is 0.0883 e. The summed E-state index contributed by atoms with van der Waals surface area (Å²) in [6.07, 6.45) is 40.5. The van der Waals surface area contributed by atoms with Gasteiger partial charge in [0, 0.05) is 5.33 Å². The van der Waals surface area contributed by atoms with Crippen molar-refractivity contribution in [2.24, 2.45) is 0 Å². The molecule has 0 aromatic heterocycles. The van der Waals surface area contributed by atoms with E-state index in [1.165, 1.54) is 121 Å². The smallest absolute Gasteiger partial charge is 0.0214 e.